The summed E-state index contributed by atoms with van der Waals surface area (Å²) in [5.74, 6) is 0.326. The van der Waals surface area contributed by atoms with E-state index in [1.165, 1.54) is 6.07 Å². The van der Waals surface area contributed by atoms with Gasteiger partial charge in [-0.2, -0.15) is 0 Å². The van der Waals surface area contributed by atoms with Gasteiger partial charge < -0.3 is 14.7 Å². The number of hydrogen-bond acceptors (Lipinski definition) is 5. The number of H-pyrrole nitrogens is 1. The summed E-state index contributed by atoms with van der Waals surface area (Å²) in [4.78, 5) is 33.9. The summed E-state index contributed by atoms with van der Waals surface area (Å²) in [6.07, 6.45) is 2.33. The van der Waals surface area contributed by atoms with Gasteiger partial charge in [0.05, 0.1) is 16.6 Å². The van der Waals surface area contributed by atoms with E-state index >= 15 is 0 Å². The molecule has 0 aliphatic rings. The molecule has 0 saturated heterocycles. The molecule has 3 heterocycles. The highest BCUT2D eigenvalue weighted by atomic mass is 32.1. The fourth-order valence-corrected chi connectivity index (χ4v) is 4.83. The molecule has 5 rings (SSSR count). The van der Waals surface area contributed by atoms with Gasteiger partial charge in [0.2, 0.25) is 0 Å². The molecule has 1 amide bonds. The second-order valence-electron chi connectivity index (χ2n) is 8.22. The number of carbonyl (C=O) groups is 1. The number of aryl methyl sites for hydroxylation is 2. The quantitative estimate of drug-likeness (QED) is 0.344. The highest BCUT2D eigenvalue weighted by Crippen LogP contribution is 2.26. The third-order valence-electron chi connectivity index (χ3n) is 5.72. The Labute approximate surface area is 200 Å². The first-order valence-corrected chi connectivity index (χ1v) is 11.9. The number of aromatic nitrogens is 2. The molecule has 7 heteroatoms. The Balaban J connectivity index is 1.28. The average molecular weight is 470 g/mol. The average Bonchev–Trinajstić information content (AvgIpc) is 3.51. The third kappa shape index (κ3) is 4.30. The fraction of sp³-hybridized carbons (Fsp3) is 0.148. The summed E-state index contributed by atoms with van der Waals surface area (Å²) < 4.78 is 6.05. The smallest absolute Gasteiger partial charge is 0.251 e. The predicted octanol–water partition coefficient (Wildman–Crippen LogP) is 5.50. The normalized spacial score (nSPS) is 11.1. The number of aromatic amines is 1. The molecule has 0 spiro atoms. The summed E-state index contributed by atoms with van der Waals surface area (Å²) in [6, 6.07) is 16.4. The van der Waals surface area contributed by atoms with Gasteiger partial charge in [-0.15, -0.1) is 11.3 Å². The highest BCUT2D eigenvalue weighted by molar-refractivity contribution is 7.13. The van der Waals surface area contributed by atoms with E-state index in [0.717, 1.165) is 33.0 Å². The minimum atomic E-state index is -0.157. The van der Waals surface area contributed by atoms with E-state index in [4.69, 9.17) is 4.42 Å². The molecule has 2 aromatic carbocycles. The van der Waals surface area contributed by atoms with Crippen LogP contribution >= 0.6 is 11.3 Å². The number of rotatable bonds is 6. The van der Waals surface area contributed by atoms with Crippen molar-refractivity contribution in [2.75, 3.05) is 6.54 Å². The van der Waals surface area contributed by atoms with Gasteiger partial charge in [-0.1, -0.05) is 24.3 Å². The van der Waals surface area contributed by atoms with Crippen molar-refractivity contribution in [2.45, 2.75) is 20.3 Å². The van der Waals surface area contributed by atoms with E-state index in [1.807, 2.05) is 43.5 Å². The van der Waals surface area contributed by atoms with Crippen molar-refractivity contribution in [1.82, 2.24) is 15.3 Å². The van der Waals surface area contributed by atoms with Crippen LogP contribution in [0.4, 0.5) is 0 Å². The van der Waals surface area contributed by atoms with Crippen molar-refractivity contribution < 1.29 is 9.21 Å². The second kappa shape index (κ2) is 9.11. The van der Waals surface area contributed by atoms with Gasteiger partial charge in [0.15, 0.2) is 5.43 Å². The van der Waals surface area contributed by atoms with E-state index in [0.29, 0.717) is 35.3 Å². The molecule has 2 N–H and O–H groups in total. The maximum Gasteiger partial charge on any atom is 0.251 e. The van der Waals surface area contributed by atoms with Crippen LogP contribution in [0.3, 0.4) is 0 Å². The maximum absolute atomic E-state index is 12.6. The van der Waals surface area contributed by atoms with Crippen LogP contribution in [0.25, 0.3) is 32.9 Å². The first-order chi connectivity index (χ1) is 16.5. The van der Waals surface area contributed by atoms with Crippen LogP contribution in [0.1, 0.15) is 27.2 Å². The van der Waals surface area contributed by atoms with Crippen molar-refractivity contribution in [1.29, 1.82) is 0 Å². The van der Waals surface area contributed by atoms with Gasteiger partial charge >= 0.3 is 0 Å². The first kappa shape index (κ1) is 21.9. The molecule has 6 nitrogen and oxygen atoms in total. The van der Waals surface area contributed by atoms with Crippen LogP contribution in [-0.2, 0) is 6.42 Å². The third-order valence-corrected chi connectivity index (χ3v) is 6.60. The van der Waals surface area contributed by atoms with Gasteiger partial charge in [0.25, 0.3) is 5.91 Å². The molecule has 0 atom stereocenters. The van der Waals surface area contributed by atoms with E-state index < -0.39 is 0 Å². The molecule has 5 aromatic rings. The molecular weight excluding hydrogens is 446 g/mol. The van der Waals surface area contributed by atoms with E-state index in [9.17, 15) is 9.59 Å². The zero-order valence-corrected chi connectivity index (χ0v) is 19.7. The van der Waals surface area contributed by atoms with Crippen molar-refractivity contribution >= 4 is 28.2 Å². The molecule has 0 bridgehead atoms. The van der Waals surface area contributed by atoms with Crippen LogP contribution in [-0.4, -0.2) is 22.4 Å². The molecule has 0 radical (unpaired) electrons. The van der Waals surface area contributed by atoms with Crippen LogP contribution in [0.2, 0.25) is 0 Å². The van der Waals surface area contributed by atoms with Crippen molar-refractivity contribution in [3.05, 3.63) is 98.9 Å². The molecule has 3 aromatic heterocycles. The molecule has 34 heavy (non-hydrogen) atoms. The number of hydrogen-bond donors (Lipinski definition) is 2. The topological polar surface area (TPSA) is 88.0 Å². The van der Waals surface area contributed by atoms with Crippen LogP contribution in [0.5, 0.6) is 0 Å². The number of fused-ring (bicyclic) bond motifs is 1. The lowest BCUT2D eigenvalue weighted by atomic mass is 10.1. The highest BCUT2D eigenvalue weighted by Gasteiger charge is 2.13. The molecule has 0 saturated carbocycles. The minimum Gasteiger partial charge on any atom is -0.456 e. The number of imidazole rings is 1. The Bertz CT molecular complexity index is 1530. The Kier molecular flexibility index (Phi) is 5.86. The Morgan fingerprint density at radius 1 is 1.12 bits per heavy atom. The monoisotopic (exact) mass is 469 g/mol. The van der Waals surface area contributed by atoms with Gasteiger partial charge in [-0.05, 0) is 54.6 Å². The number of carbonyl (C=O) groups excluding carboxylic acids is 1. The van der Waals surface area contributed by atoms with Crippen LogP contribution in [0.15, 0.2) is 75.5 Å². The largest absolute Gasteiger partial charge is 0.456 e. The van der Waals surface area contributed by atoms with Crippen LogP contribution < -0.4 is 10.7 Å². The van der Waals surface area contributed by atoms with E-state index in [-0.39, 0.29) is 11.3 Å². The summed E-state index contributed by atoms with van der Waals surface area (Å²) in [5, 5.41) is 5.56. The second-order valence-corrected chi connectivity index (χ2v) is 9.17. The van der Waals surface area contributed by atoms with Gasteiger partial charge in [-0.3, -0.25) is 9.59 Å². The lowest BCUT2D eigenvalue weighted by molar-refractivity contribution is 0.0954. The molecule has 0 fully saturated rings. The summed E-state index contributed by atoms with van der Waals surface area (Å²) in [6.45, 7) is 4.38. The predicted molar refractivity (Wildman–Crippen MR) is 135 cm³/mol. The number of nitrogens with zero attached hydrogens (tertiary/aromatic N) is 1. The number of amides is 1. The van der Waals surface area contributed by atoms with E-state index in [2.05, 4.69) is 15.3 Å². The summed E-state index contributed by atoms with van der Waals surface area (Å²) in [7, 11) is 0. The lowest BCUT2D eigenvalue weighted by Gasteiger charge is -2.08. The molecular formula is C27H23N3O3S. The zero-order valence-electron chi connectivity index (χ0n) is 18.8. The van der Waals surface area contributed by atoms with Crippen LogP contribution in [0, 0.1) is 13.8 Å². The van der Waals surface area contributed by atoms with Gasteiger partial charge in [0.1, 0.15) is 17.0 Å². The number of benzene rings is 2. The van der Waals surface area contributed by atoms with E-state index in [1.54, 1.807) is 41.9 Å². The van der Waals surface area contributed by atoms with Crippen molar-refractivity contribution in [3.8, 4) is 21.9 Å². The molecule has 0 unspecified atom stereocenters. The Morgan fingerprint density at radius 2 is 1.94 bits per heavy atom. The summed E-state index contributed by atoms with van der Waals surface area (Å²) in [5.41, 5.74) is 5.67. The minimum absolute atomic E-state index is 0.0782. The fourth-order valence-electron chi connectivity index (χ4n) is 4.08. The van der Waals surface area contributed by atoms with Crippen molar-refractivity contribution in [2.24, 2.45) is 0 Å². The first-order valence-electron chi connectivity index (χ1n) is 11.0. The lowest BCUT2D eigenvalue weighted by Crippen LogP contribution is -2.25. The number of nitrogens with one attached hydrogen (secondary N) is 2. The van der Waals surface area contributed by atoms with Crippen molar-refractivity contribution in [3.63, 3.8) is 0 Å². The maximum atomic E-state index is 12.6. The molecule has 170 valence electrons. The Hall–Kier alpha value is -3.97. The standard InChI is InChI=1S/C27H23N3O3S/c1-16-12-17(2)26-20(13-16)22(31)14-23(33-26)18-5-7-19(8-6-18)27(32)28-10-9-21-25(30-15-29-21)24-4-3-11-34-24/h3-8,11-15H,9-10H2,1-2H3,(H,28,32)(H,29,30). The van der Waals surface area contributed by atoms with Gasteiger partial charge in [0, 0.05) is 35.9 Å². The number of thiophene rings is 1. The zero-order chi connectivity index (χ0) is 23.7. The Morgan fingerprint density at radius 3 is 2.71 bits per heavy atom. The summed E-state index contributed by atoms with van der Waals surface area (Å²) >= 11 is 1.64. The van der Waals surface area contributed by atoms with Gasteiger partial charge in [-0.25, -0.2) is 4.98 Å². The molecule has 0 aliphatic heterocycles. The molecule has 0 aliphatic carbocycles. The SMILES string of the molecule is Cc1cc(C)c2oc(-c3ccc(C(=O)NCCc4[nH]cnc4-c4cccs4)cc3)cc(=O)c2c1.